The van der Waals surface area contributed by atoms with Gasteiger partial charge in [-0.05, 0) is 36.1 Å². The number of hydrazone groups is 1. The molecule has 1 heterocycles. The molecule has 0 atom stereocenters. The molecule has 1 aromatic heterocycles. The maximum atomic E-state index is 4.84. The molecule has 0 amide bonds. The van der Waals surface area contributed by atoms with E-state index >= 15 is 0 Å². The first-order chi connectivity index (χ1) is 10.8. The molecule has 3 heteroatoms. The van der Waals surface area contributed by atoms with E-state index in [0.29, 0.717) is 0 Å². The number of hydrogen-bond acceptors (Lipinski definition) is 3. The van der Waals surface area contributed by atoms with Crippen LogP contribution in [0.15, 0.2) is 83.3 Å². The smallest absolute Gasteiger partial charge is 0.0750 e. The lowest BCUT2D eigenvalue weighted by molar-refractivity contribution is 0.854. The van der Waals surface area contributed by atoms with E-state index in [2.05, 4.69) is 65.8 Å². The normalized spacial score (nSPS) is 11.4. The second-order valence-electron chi connectivity index (χ2n) is 5.04. The first-order valence-electron chi connectivity index (χ1n) is 7.28. The Morgan fingerprint density at radius 3 is 2.23 bits per heavy atom. The van der Waals surface area contributed by atoms with Crippen LogP contribution >= 0.6 is 11.3 Å². The summed E-state index contributed by atoms with van der Waals surface area (Å²) in [7, 11) is 0. The molecule has 0 spiro atoms. The quantitative estimate of drug-likeness (QED) is 0.468. The summed E-state index contributed by atoms with van der Waals surface area (Å²) >= 11 is 1.72. The van der Waals surface area contributed by atoms with E-state index in [1.807, 2.05) is 24.3 Å². The molecule has 0 saturated carbocycles. The van der Waals surface area contributed by atoms with E-state index < -0.39 is 0 Å². The van der Waals surface area contributed by atoms with Gasteiger partial charge in [0.25, 0.3) is 0 Å². The number of para-hydroxylation sites is 1. The second-order valence-corrected chi connectivity index (χ2v) is 5.99. The van der Waals surface area contributed by atoms with Gasteiger partial charge in [0.1, 0.15) is 0 Å². The lowest BCUT2D eigenvalue weighted by Crippen LogP contribution is -2.17. The summed E-state index contributed by atoms with van der Waals surface area (Å²) in [6.45, 7) is 2.82. The van der Waals surface area contributed by atoms with E-state index in [1.165, 1.54) is 10.4 Å². The average molecular weight is 306 g/mol. The summed E-state index contributed by atoms with van der Waals surface area (Å²) in [5.74, 6) is 0. The van der Waals surface area contributed by atoms with E-state index in [9.17, 15) is 0 Å². The van der Waals surface area contributed by atoms with Gasteiger partial charge in [0.15, 0.2) is 0 Å². The summed E-state index contributed by atoms with van der Waals surface area (Å²) < 4.78 is 0. The first kappa shape index (κ1) is 14.5. The Balaban J connectivity index is 1.91. The minimum atomic E-state index is 0.758. The summed E-state index contributed by atoms with van der Waals surface area (Å²) in [6.07, 6.45) is 0. The first-order valence-corrected chi connectivity index (χ1v) is 8.16. The average Bonchev–Trinajstić information content (AvgIpc) is 3.11. The molecule has 2 nitrogen and oxygen atoms in total. The molecule has 0 aliphatic rings. The van der Waals surface area contributed by atoms with Crippen molar-refractivity contribution in [1.29, 1.82) is 0 Å². The lowest BCUT2D eigenvalue weighted by Gasteiger charge is -2.20. The summed E-state index contributed by atoms with van der Waals surface area (Å²) in [6, 6.07) is 24.9. The predicted molar refractivity (Wildman–Crippen MR) is 95.6 cm³/mol. The monoisotopic (exact) mass is 306 g/mol. The zero-order chi connectivity index (χ0) is 15.2. The van der Waals surface area contributed by atoms with Crippen molar-refractivity contribution in [2.24, 2.45) is 5.10 Å². The van der Waals surface area contributed by atoms with Crippen molar-refractivity contribution >= 4 is 22.7 Å². The minimum absolute atomic E-state index is 0.758. The van der Waals surface area contributed by atoms with Gasteiger partial charge in [-0.2, -0.15) is 5.10 Å². The number of benzene rings is 2. The van der Waals surface area contributed by atoms with E-state index in [0.717, 1.165) is 17.9 Å². The van der Waals surface area contributed by atoms with Crippen molar-refractivity contribution in [3.63, 3.8) is 0 Å². The summed E-state index contributed by atoms with van der Waals surface area (Å²) in [5.41, 5.74) is 3.38. The van der Waals surface area contributed by atoms with Crippen LogP contribution in [0.5, 0.6) is 0 Å². The highest BCUT2D eigenvalue weighted by atomic mass is 32.1. The van der Waals surface area contributed by atoms with Gasteiger partial charge in [-0.25, -0.2) is 0 Å². The Kier molecular flexibility index (Phi) is 4.66. The van der Waals surface area contributed by atoms with Crippen molar-refractivity contribution in [1.82, 2.24) is 0 Å². The molecule has 0 fully saturated rings. The number of anilines is 1. The fraction of sp³-hybridized carbons (Fsp3) is 0.105. The Hall–Kier alpha value is -2.39. The molecule has 0 bridgehead atoms. The van der Waals surface area contributed by atoms with E-state index in [1.54, 1.807) is 11.3 Å². The topological polar surface area (TPSA) is 15.6 Å². The van der Waals surface area contributed by atoms with Crippen LogP contribution in [0.25, 0.3) is 0 Å². The number of thiophene rings is 1. The molecule has 3 aromatic rings. The molecule has 0 saturated heterocycles. The molecule has 22 heavy (non-hydrogen) atoms. The van der Waals surface area contributed by atoms with Gasteiger partial charge in [0.2, 0.25) is 0 Å². The highest BCUT2D eigenvalue weighted by Crippen LogP contribution is 2.19. The van der Waals surface area contributed by atoms with Crippen molar-refractivity contribution in [3.05, 3.63) is 88.6 Å². The van der Waals surface area contributed by atoms with Crippen LogP contribution in [-0.4, -0.2) is 5.71 Å². The molecule has 0 radical (unpaired) electrons. The van der Waals surface area contributed by atoms with E-state index in [4.69, 9.17) is 5.10 Å². The highest BCUT2D eigenvalue weighted by Gasteiger charge is 2.08. The molecule has 3 rings (SSSR count). The molecular formula is C19H18N2S. The molecule has 0 aliphatic heterocycles. The molecule has 110 valence electrons. The lowest BCUT2D eigenvalue weighted by atomic mass is 10.2. The van der Waals surface area contributed by atoms with Gasteiger partial charge < -0.3 is 0 Å². The van der Waals surface area contributed by atoms with Gasteiger partial charge in [-0.1, -0.05) is 54.6 Å². The standard InChI is InChI=1S/C19H18N2S/c1-16(19-13-8-14-22-19)20-21(18-11-6-3-7-12-18)15-17-9-4-2-5-10-17/h2-14H,15H2,1H3/b20-16-. The predicted octanol–water partition coefficient (Wildman–Crippen LogP) is 5.18. The maximum Gasteiger partial charge on any atom is 0.0750 e. The summed E-state index contributed by atoms with van der Waals surface area (Å²) in [4.78, 5) is 1.20. The Labute approximate surface area is 135 Å². The van der Waals surface area contributed by atoms with Gasteiger partial charge in [0, 0.05) is 0 Å². The third-order valence-electron chi connectivity index (χ3n) is 3.38. The minimum Gasteiger partial charge on any atom is -0.261 e. The van der Waals surface area contributed by atoms with E-state index in [-0.39, 0.29) is 0 Å². The van der Waals surface area contributed by atoms with Crippen LogP contribution in [0, 0.1) is 0 Å². The van der Waals surface area contributed by atoms with Crippen LogP contribution in [0.3, 0.4) is 0 Å². The largest absolute Gasteiger partial charge is 0.261 e. The van der Waals surface area contributed by atoms with Crippen LogP contribution in [0.4, 0.5) is 5.69 Å². The van der Waals surface area contributed by atoms with Gasteiger partial charge >= 0.3 is 0 Å². The van der Waals surface area contributed by atoms with Gasteiger partial charge in [0.05, 0.1) is 22.8 Å². The maximum absolute atomic E-state index is 4.84. The van der Waals surface area contributed by atoms with Crippen molar-refractivity contribution in [2.75, 3.05) is 5.01 Å². The zero-order valence-electron chi connectivity index (χ0n) is 12.5. The number of hydrogen-bond donors (Lipinski definition) is 0. The Morgan fingerprint density at radius 1 is 0.909 bits per heavy atom. The van der Waals surface area contributed by atoms with Crippen LogP contribution in [-0.2, 0) is 6.54 Å². The Bertz CT molecular complexity index is 719. The molecule has 2 aromatic carbocycles. The van der Waals surface area contributed by atoms with Crippen molar-refractivity contribution in [3.8, 4) is 0 Å². The fourth-order valence-corrected chi connectivity index (χ4v) is 2.93. The van der Waals surface area contributed by atoms with Crippen LogP contribution in [0.2, 0.25) is 0 Å². The van der Waals surface area contributed by atoms with Gasteiger partial charge in [-0.3, -0.25) is 5.01 Å². The molecule has 0 N–H and O–H groups in total. The molecule has 0 aliphatic carbocycles. The Morgan fingerprint density at radius 2 is 1.59 bits per heavy atom. The van der Waals surface area contributed by atoms with Crippen LogP contribution in [0.1, 0.15) is 17.4 Å². The highest BCUT2D eigenvalue weighted by molar-refractivity contribution is 7.12. The third-order valence-corrected chi connectivity index (χ3v) is 4.36. The third kappa shape index (κ3) is 3.62. The van der Waals surface area contributed by atoms with Gasteiger partial charge in [-0.15, -0.1) is 11.3 Å². The number of rotatable bonds is 5. The SMILES string of the molecule is C/C(=N/N(Cc1ccccc1)c1ccccc1)c1cccs1. The summed E-state index contributed by atoms with van der Waals surface area (Å²) in [5, 5.41) is 8.99. The van der Waals surface area contributed by atoms with Crippen LogP contribution < -0.4 is 5.01 Å². The van der Waals surface area contributed by atoms with Crippen molar-refractivity contribution < 1.29 is 0 Å². The molecule has 0 unspecified atom stereocenters. The molecular weight excluding hydrogens is 288 g/mol. The second kappa shape index (κ2) is 7.05. The fourth-order valence-electron chi connectivity index (χ4n) is 2.26. The zero-order valence-corrected chi connectivity index (χ0v) is 13.3. The van der Waals surface area contributed by atoms with Crippen molar-refractivity contribution in [2.45, 2.75) is 13.5 Å². The number of nitrogens with zero attached hydrogens (tertiary/aromatic N) is 2.